The monoisotopic (exact) mass is 286 g/mol. The minimum atomic E-state index is -0.943. The maximum Gasteiger partial charge on any atom is 0.336 e. The second kappa shape index (κ2) is 6.22. The van der Waals surface area contributed by atoms with Crippen LogP contribution in [0.5, 0.6) is 0 Å². The van der Waals surface area contributed by atoms with E-state index in [0.717, 1.165) is 18.5 Å². The lowest BCUT2D eigenvalue weighted by atomic mass is 10.4. The minimum Gasteiger partial charge on any atom is -0.394 e. The molecule has 0 aromatic carbocycles. The molecular formula is C10H8F2N4O4. The maximum absolute atomic E-state index is 12.2. The lowest BCUT2D eigenvalue weighted by molar-refractivity contribution is -0.386. The van der Waals surface area contributed by atoms with Crippen molar-refractivity contribution in [1.29, 1.82) is 0 Å². The minimum absolute atomic E-state index is 0.102. The van der Waals surface area contributed by atoms with E-state index in [9.17, 15) is 28.5 Å². The SMILES string of the molecule is Nc1cc(F)c[nH]c1=O.O=c1[nH]cc(F)cc1[N+](=O)[O-]. The van der Waals surface area contributed by atoms with Gasteiger partial charge in [-0.25, -0.2) is 8.78 Å². The Balaban J connectivity index is 0.000000204. The fourth-order valence-electron chi connectivity index (χ4n) is 1.06. The van der Waals surface area contributed by atoms with Gasteiger partial charge in [-0.15, -0.1) is 0 Å². The number of nitrogen functional groups attached to an aromatic ring is 1. The van der Waals surface area contributed by atoms with E-state index in [2.05, 4.69) is 4.98 Å². The number of nitrogens with zero attached hydrogens (tertiary/aromatic N) is 1. The molecule has 0 aliphatic rings. The van der Waals surface area contributed by atoms with Crippen molar-refractivity contribution < 1.29 is 13.7 Å². The second-order valence-electron chi connectivity index (χ2n) is 3.39. The van der Waals surface area contributed by atoms with Gasteiger partial charge in [0, 0.05) is 18.5 Å². The normalized spacial score (nSPS) is 9.50. The number of aromatic nitrogens is 2. The highest BCUT2D eigenvalue weighted by Gasteiger charge is 2.11. The Morgan fingerprint density at radius 3 is 1.95 bits per heavy atom. The van der Waals surface area contributed by atoms with Crippen LogP contribution in [-0.2, 0) is 0 Å². The van der Waals surface area contributed by atoms with E-state index in [-0.39, 0.29) is 5.69 Å². The van der Waals surface area contributed by atoms with E-state index < -0.39 is 33.4 Å². The summed E-state index contributed by atoms with van der Waals surface area (Å²) in [4.78, 5) is 34.0. The van der Waals surface area contributed by atoms with Crippen molar-refractivity contribution in [3.8, 4) is 0 Å². The summed E-state index contributed by atoms with van der Waals surface area (Å²) in [6.07, 6.45) is 1.72. The first kappa shape index (κ1) is 15.0. The largest absolute Gasteiger partial charge is 0.394 e. The molecule has 2 aromatic rings. The summed E-state index contributed by atoms with van der Waals surface area (Å²) in [7, 11) is 0. The molecule has 0 aliphatic carbocycles. The molecule has 0 spiro atoms. The number of nitro groups is 1. The van der Waals surface area contributed by atoms with Crippen LogP contribution in [-0.4, -0.2) is 14.9 Å². The number of halogens is 2. The van der Waals surface area contributed by atoms with Crippen LogP contribution < -0.4 is 16.9 Å². The first-order valence-electron chi connectivity index (χ1n) is 4.97. The predicted octanol–water partition coefficient (Wildman–Crippen LogP) is 0.518. The first-order chi connectivity index (χ1) is 9.31. The number of H-pyrrole nitrogens is 2. The van der Waals surface area contributed by atoms with Crippen LogP contribution in [0.1, 0.15) is 0 Å². The zero-order valence-corrected chi connectivity index (χ0v) is 9.72. The number of nitrogens with one attached hydrogen (secondary N) is 2. The summed E-state index contributed by atoms with van der Waals surface area (Å²) in [5, 5.41) is 9.99. The summed E-state index contributed by atoms with van der Waals surface area (Å²) in [5.74, 6) is -1.37. The standard InChI is InChI=1S/C5H3FN2O3.C5H5FN2O/c6-3-1-4(8(10)11)5(9)7-2-3;6-3-1-4(7)5(9)8-2-3/h1-2H,(H,7,9);1-2H,7H2,(H,8,9). The zero-order chi connectivity index (χ0) is 15.3. The van der Waals surface area contributed by atoms with Gasteiger partial charge in [0.2, 0.25) is 0 Å². The van der Waals surface area contributed by atoms with Gasteiger partial charge in [-0.3, -0.25) is 19.7 Å². The fourth-order valence-corrected chi connectivity index (χ4v) is 1.06. The van der Waals surface area contributed by atoms with Crippen molar-refractivity contribution in [2.24, 2.45) is 0 Å². The molecule has 0 radical (unpaired) electrons. The summed E-state index contributed by atoms with van der Waals surface area (Å²) in [6.45, 7) is 0. The van der Waals surface area contributed by atoms with Crippen molar-refractivity contribution >= 4 is 11.4 Å². The Hall–Kier alpha value is -3.04. The van der Waals surface area contributed by atoms with Gasteiger partial charge in [0.25, 0.3) is 5.56 Å². The van der Waals surface area contributed by atoms with Crippen molar-refractivity contribution in [2.45, 2.75) is 0 Å². The van der Waals surface area contributed by atoms with Gasteiger partial charge in [0.1, 0.15) is 17.3 Å². The number of rotatable bonds is 1. The van der Waals surface area contributed by atoms with E-state index in [1.807, 2.05) is 4.98 Å². The van der Waals surface area contributed by atoms with Gasteiger partial charge in [-0.1, -0.05) is 0 Å². The van der Waals surface area contributed by atoms with Crippen LogP contribution in [0.2, 0.25) is 0 Å². The molecule has 0 saturated heterocycles. The van der Waals surface area contributed by atoms with Crippen LogP contribution in [0.25, 0.3) is 0 Å². The molecule has 0 amide bonds. The van der Waals surface area contributed by atoms with Crippen molar-refractivity contribution in [3.63, 3.8) is 0 Å². The molecule has 10 heteroatoms. The van der Waals surface area contributed by atoms with Crippen molar-refractivity contribution in [3.05, 3.63) is 67.0 Å². The third kappa shape index (κ3) is 4.01. The molecule has 2 heterocycles. The molecule has 2 rings (SSSR count). The Morgan fingerprint density at radius 1 is 1.05 bits per heavy atom. The van der Waals surface area contributed by atoms with E-state index in [1.165, 1.54) is 0 Å². The molecule has 8 nitrogen and oxygen atoms in total. The van der Waals surface area contributed by atoms with Gasteiger partial charge in [-0.05, 0) is 0 Å². The highest BCUT2D eigenvalue weighted by Crippen LogP contribution is 2.03. The molecule has 106 valence electrons. The Labute approximate surface area is 109 Å². The molecule has 20 heavy (non-hydrogen) atoms. The summed E-state index contributed by atoms with van der Waals surface area (Å²) >= 11 is 0. The van der Waals surface area contributed by atoms with Crippen molar-refractivity contribution in [1.82, 2.24) is 9.97 Å². The van der Waals surface area contributed by atoms with Crippen LogP contribution in [0.4, 0.5) is 20.2 Å². The van der Waals surface area contributed by atoms with Gasteiger partial charge >= 0.3 is 11.2 Å². The maximum atomic E-state index is 12.2. The van der Waals surface area contributed by atoms with E-state index >= 15 is 0 Å². The number of pyridine rings is 2. The van der Waals surface area contributed by atoms with E-state index in [1.54, 1.807) is 0 Å². The lowest BCUT2D eigenvalue weighted by Crippen LogP contribution is -2.10. The molecule has 0 unspecified atom stereocenters. The predicted molar refractivity (Wildman–Crippen MR) is 65.1 cm³/mol. The number of hydrogen-bond donors (Lipinski definition) is 3. The lowest BCUT2D eigenvalue weighted by Gasteiger charge is -1.88. The molecule has 0 atom stereocenters. The number of nitrogens with two attached hydrogens (primary N) is 1. The molecule has 0 aliphatic heterocycles. The molecule has 0 fully saturated rings. The Kier molecular flexibility index (Phi) is 4.67. The smallest absolute Gasteiger partial charge is 0.336 e. The van der Waals surface area contributed by atoms with Gasteiger partial charge < -0.3 is 15.7 Å². The van der Waals surface area contributed by atoms with Gasteiger partial charge in [-0.2, -0.15) is 0 Å². The third-order valence-corrected chi connectivity index (χ3v) is 1.94. The van der Waals surface area contributed by atoms with Crippen LogP contribution in [0, 0.1) is 21.7 Å². The first-order valence-corrected chi connectivity index (χ1v) is 4.97. The van der Waals surface area contributed by atoms with Crippen LogP contribution in [0.3, 0.4) is 0 Å². The molecule has 0 bridgehead atoms. The molecule has 4 N–H and O–H groups in total. The number of aromatic amines is 2. The highest BCUT2D eigenvalue weighted by molar-refractivity contribution is 5.33. The molecule has 2 aromatic heterocycles. The highest BCUT2D eigenvalue weighted by atomic mass is 19.1. The molecule has 0 saturated carbocycles. The summed E-state index contributed by atoms with van der Waals surface area (Å²) in [6, 6.07) is 1.54. The third-order valence-electron chi connectivity index (χ3n) is 1.94. The summed E-state index contributed by atoms with van der Waals surface area (Å²) < 4.78 is 24.3. The van der Waals surface area contributed by atoms with Gasteiger partial charge in [0.05, 0.1) is 11.0 Å². The number of hydrogen-bond acceptors (Lipinski definition) is 5. The fraction of sp³-hybridized carbons (Fsp3) is 0. The Morgan fingerprint density at radius 2 is 1.55 bits per heavy atom. The Bertz CT molecular complexity index is 741. The van der Waals surface area contributed by atoms with E-state index in [0.29, 0.717) is 6.07 Å². The van der Waals surface area contributed by atoms with Crippen LogP contribution >= 0.6 is 0 Å². The molecular weight excluding hydrogens is 278 g/mol. The zero-order valence-electron chi connectivity index (χ0n) is 9.72. The van der Waals surface area contributed by atoms with E-state index in [4.69, 9.17) is 5.73 Å². The van der Waals surface area contributed by atoms with Gasteiger partial charge in [0.15, 0.2) is 0 Å². The average molecular weight is 286 g/mol. The number of anilines is 1. The quantitative estimate of drug-likeness (QED) is 0.518. The van der Waals surface area contributed by atoms with Crippen molar-refractivity contribution in [2.75, 3.05) is 5.73 Å². The summed E-state index contributed by atoms with van der Waals surface area (Å²) in [5.41, 5.74) is 2.78. The van der Waals surface area contributed by atoms with Crippen LogP contribution in [0.15, 0.2) is 34.1 Å². The average Bonchev–Trinajstić information content (AvgIpc) is 2.38. The second-order valence-corrected chi connectivity index (χ2v) is 3.39. The topological polar surface area (TPSA) is 135 Å².